The molecule has 0 aliphatic heterocycles. The minimum atomic E-state index is -0.101. The van der Waals surface area contributed by atoms with Crippen molar-refractivity contribution in [1.29, 1.82) is 0 Å². The second-order valence-corrected chi connectivity index (χ2v) is 5.94. The number of hydrogen-bond acceptors (Lipinski definition) is 4. The van der Waals surface area contributed by atoms with Gasteiger partial charge in [0.15, 0.2) is 0 Å². The second kappa shape index (κ2) is 8.07. The lowest BCUT2D eigenvalue weighted by Gasteiger charge is -2.14. The maximum absolute atomic E-state index is 11.9. The van der Waals surface area contributed by atoms with Crippen LogP contribution in [0.5, 0.6) is 5.75 Å². The number of amides is 1. The summed E-state index contributed by atoms with van der Waals surface area (Å²) in [6.45, 7) is 3.45. The zero-order chi connectivity index (χ0) is 14.3. The lowest BCUT2D eigenvalue weighted by Crippen LogP contribution is -2.35. The van der Waals surface area contributed by atoms with E-state index in [4.69, 9.17) is 4.74 Å². The number of nitrogens with one attached hydrogen (secondary N) is 1. The van der Waals surface area contributed by atoms with E-state index in [0.29, 0.717) is 6.54 Å². The van der Waals surface area contributed by atoms with E-state index < -0.39 is 0 Å². The van der Waals surface area contributed by atoms with Crippen LogP contribution in [0.25, 0.3) is 0 Å². The maximum atomic E-state index is 11.9. The predicted octanol–water partition coefficient (Wildman–Crippen LogP) is 1.85. The van der Waals surface area contributed by atoms with E-state index in [1.807, 2.05) is 50.2 Å². The van der Waals surface area contributed by atoms with Crippen molar-refractivity contribution in [3.05, 3.63) is 24.3 Å². The van der Waals surface area contributed by atoms with Gasteiger partial charge in [-0.15, -0.1) is 11.8 Å². The Labute approximate surface area is 119 Å². The number of rotatable bonds is 7. The van der Waals surface area contributed by atoms with E-state index in [1.54, 1.807) is 18.9 Å². The second-order valence-electron chi connectivity index (χ2n) is 4.53. The molecule has 0 bridgehead atoms. The smallest absolute Gasteiger partial charge is 0.233 e. The summed E-state index contributed by atoms with van der Waals surface area (Å²) in [4.78, 5) is 15.0. The van der Waals surface area contributed by atoms with Crippen LogP contribution >= 0.6 is 11.8 Å². The highest BCUT2D eigenvalue weighted by Crippen LogP contribution is 2.25. The van der Waals surface area contributed by atoms with Gasteiger partial charge in [-0.05, 0) is 45.3 Å². The van der Waals surface area contributed by atoms with Crippen molar-refractivity contribution in [2.24, 2.45) is 0 Å². The van der Waals surface area contributed by atoms with Crippen molar-refractivity contribution >= 4 is 17.7 Å². The topological polar surface area (TPSA) is 41.6 Å². The van der Waals surface area contributed by atoms with Crippen LogP contribution in [0.4, 0.5) is 0 Å². The summed E-state index contributed by atoms with van der Waals surface area (Å²) in [5.74, 6) is 0.898. The molecule has 1 aromatic carbocycles. The Morgan fingerprint density at radius 1 is 1.37 bits per heavy atom. The van der Waals surface area contributed by atoms with E-state index in [9.17, 15) is 4.79 Å². The molecule has 0 unspecified atom stereocenters. The molecule has 0 spiro atoms. The summed E-state index contributed by atoms with van der Waals surface area (Å²) in [6, 6.07) is 7.73. The Kier molecular flexibility index (Phi) is 6.73. The summed E-state index contributed by atoms with van der Waals surface area (Å²) in [6.07, 6.45) is 0. The number of benzene rings is 1. The minimum absolute atomic E-state index is 0.0719. The first-order chi connectivity index (χ1) is 9.02. The predicted molar refractivity (Wildman–Crippen MR) is 79.9 cm³/mol. The van der Waals surface area contributed by atoms with Crippen LogP contribution in [0.3, 0.4) is 0 Å². The lowest BCUT2D eigenvalue weighted by atomic mass is 10.3. The molecule has 4 nitrogen and oxygen atoms in total. The largest absolute Gasteiger partial charge is 0.497 e. The normalized spacial score (nSPS) is 12.3. The fraction of sp³-hybridized carbons (Fsp3) is 0.500. The highest BCUT2D eigenvalue weighted by atomic mass is 32.2. The van der Waals surface area contributed by atoms with Crippen LogP contribution in [-0.4, -0.2) is 50.4 Å². The number of nitrogens with zero attached hydrogens (tertiary/aromatic N) is 1. The monoisotopic (exact) mass is 282 g/mol. The first-order valence-electron chi connectivity index (χ1n) is 6.26. The third-order valence-electron chi connectivity index (χ3n) is 2.60. The van der Waals surface area contributed by atoms with E-state index in [2.05, 4.69) is 5.32 Å². The van der Waals surface area contributed by atoms with Gasteiger partial charge in [0.2, 0.25) is 5.91 Å². The van der Waals surface area contributed by atoms with E-state index in [-0.39, 0.29) is 11.2 Å². The Morgan fingerprint density at radius 3 is 2.53 bits per heavy atom. The standard InChI is InChI=1S/C14H22N2O2S/c1-11(14(17)15-9-10-16(2)3)19-13-7-5-12(18-4)6-8-13/h5-8,11H,9-10H2,1-4H3,(H,15,17)/t11-/m1/s1. The van der Waals surface area contributed by atoms with Crippen LogP contribution in [0.2, 0.25) is 0 Å². The van der Waals surface area contributed by atoms with Crippen molar-refractivity contribution in [2.45, 2.75) is 17.1 Å². The number of methoxy groups -OCH3 is 1. The van der Waals surface area contributed by atoms with Crippen LogP contribution < -0.4 is 10.1 Å². The quantitative estimate of drug-likeness (QED) is 0.775. The third-order valence-corrected chi connectivity index (χ3v) is 3.71. The van der Waals surface area contributed by atoms with Crippen LogP contribution in [-0.2, 0) is 4.79 Å². The Bertz CT molecular complexity index is 393. The lowest BCUT2D eigenvalue weighted by molar-refractivity contribution is -0.120. The van der Waals surface area contributed by atoms with Gasteiger partial charge in [0.1, 0.15) is 5.75 Å². The van der Waals surface area contributed by atoms with E-state index >= 15 is 0 Å². The first kappa shape index (κ1) is 15.9. The number of thioether (sulfide) groups is 1. The molecule has 1 amide bonds. The molecule has 0 saturated carbocycles. The molecule has 19 heavy (non-hydrogen) atoms. The molecule has 0 aliphatic rings. The van der Waals surface area contributed by atoms with Crippen molar-refractivity contribution in [2.75, 3.05) is 34.3 Å². The van der Waals surface area contributed by atoms with Gasteiger partial charge in [0.05, 0.1) is 12.4 Å². The number of ether oxygens (including phenoxy) is 1. The average molecular weight is 282 g/mol. The summed E-state index contributed by atoms with van der Waals surface area (Å²) >= 11 is 1.55. The highest BCUT2D eigenvalue weighted by Gasteiger charge is 2.13. The molecule has 1 atom stereocenters. The van der Waals surface area contributed by atoms with Crippen LogP contribution in [0, 0.1) is 0 Å². The molecule has 0 heterocycles. The van der Waals surface area contributed by atoms with Gasteiger partial charge in [0, 0.05) is 18.0 Å². The van der Waals surface area contributed by atoms with Gasteiger partial charge < -0.3 is 15.0 Å². The van der Waals surface area contributed by atoms with Gasteiger partial charge in [-0.2, -0.15) is 0 Å². The number of carbonyl (C=O) groups is 1. The number of likely N-dealkylation sites (N-methyl/N-ethyl adjacent to an activating group) is 1. The Hall–Kier alpha value is -1.20. The molecule has 1 aromatic rings. The third kappa shape index (κ3) is 5.98. The molecule has 106 valence electrons. The molecule has 0 radical (unpaired) electrons. The fourth-order valence-electron chi connectivity index (χ4n) is 1.46. The minimum Gasteiger partial charge on any atom is -0.497 e. The molecule has 0 aliphatic carbocycles. The molecule has 0 fully saturated rings. The zero-order valence-electron chi connectivity index (χ0n) is 12.0. The molecule has 1 rings (SSSR count). The van der Waals surface area contributed by atoms with Gasteiger partial charge >= 0.3 is 0 Å². The van der Waals surface area contributed by atoms with Crippen molar-refractivity contribution in [1.82, 2.24) is 10.2 Å². The van der Waals surface area contributed by atoms with Crippen molar-refractivity contribution in [3.63, 3.8) is 0 Å². The molecular formula is C14H22N2O2S. The summed E-state index contributed by atoms with van der Waals surface area (Å²) < 4.78 is 5.10. The number of carbonyl (C=O) groups excluding carboxylic acids is 1. The van der Waals surface area contributed by atoms with Crippen molar-refractivity contribution in [3.8, 4) is 5.75 Å². The van der Waals surface area contributed by atoms with E-state index in [1.165, 1.54) is 0 Å². The first-order valence-corrected chi connectivity index (χ1v) is 7.14. The van der Waals surface area contributed by atoms with Crippen LogP contribution in [0.1, 0.15) is 6.92 Å². The molecule has 0 saturated heterocycles. The van der Waals surface area contributed by atoms with E-state index in [0.717, 1.165) is 17.2 Å². The van der Waals surface area contributed by atoms with Crippen molar-refractivity contribution < 1.29 is 9.53 Å². The molecular weight excluding hydrogens is 260 g/mol. The molecule has 0 aromatic heterocycles. The molecule has 1 N–H and O–H groups in total. The summed E-state index contributed by atoms with van der Waals surface area (Å²) in [5, 5.41) is 2.83. The summed E-state index contributed by atoms with van der Waals surface area (Å²) in [5.41, 5.74) is 0. The molecule has 5 heteroatoms. The highest BCUT2D eigenvalue weighted by molar-refractivity contribution is 8.00. The SMILES string of the molecule is COc1ccc(S[C@H](C)C(=O)NCCN(C)C)cc1. The summed E-state index contributed by atoms with van der Waals surface area (Å²) in [7, 11) is 5.62. The fourth-order valence-corrected chi connectivity index (χ4v) is 2.35. The maximum Gasteiger partial charge on any atom is 0.233 e. The Balaban J connectivity index is 2.40. The average Bonchev–Trinajstić information content (AvgIpc) is 2.39. The van der Waals surface area contributed by atoms with Gasteiger partial charge in [0.25, 0.3) is 0 Å². The van der Waals surface area contributed by atoms with Crippen LogP contribution in [0.15, 0.2) is 29.2 Å². The van der Waals surface area contributed by atoms with Gasteiger partial charge in [-0.3, -0.25) is 4.79 Å². The van der Waals surface area contributed by atoms with Gasteiger partial charge in [-0.1, -0.05) is 0 Å². The Morgan fingerprint density at radius 2 is 2.00 bits per heavy atom. The van der Waals surface area contributed by atoms with Gasteiger partial charge in [-0.25, -0.2) is 0 Å². The number of hydrogen-bond donors (Lipinski definition) is 1. The zero-order valence-corrected chi connectivity index (χ0v) is 12.8.